The van der Waals surface area contributed by atoms with Crippen molar-refractivity contribution in [3.05, 3.63) is 94.0 Å². The molecule has 9 heteroatoms. The van der Waals surface area contributed by atoms with Crippen LogP contribution in [0.4, 0.5) is 5.69 Å². The van der Waals surface area contributed by atoms with E-state index in [1.54, 1.807) is 54.6 Å². The Morgan fingerprint density at radius 1 is 0.839 bits per heavy atom. The van der Waals surface area contributed by atoms with Gasteiger partial charge in [-0.1, -0.05) is 41.4 Å². The van der Waals surface area contributed by atoms with Crippen LogP contribution in [-0.4, -0.2) is 24.0 Å². The summed E-state index contributed by atoms with van der Waals surface area (Å²) in [4.78, 5) is 35.8. The number of benzene rings is 3. The first-order valence-corrected chi connectivity index (χ1v) is 9.65. The lowest BCUT2D eigenvalue weighted by molar-refractivity contribution is -0.136. The number of hydrazone groups is 1. The largest absolute Gasteiger partial charge is 0.423 e. The van der Waals surface area contributed by atoms with Crippen LogP contribution in [0.1, 0.15) is 15.9 Å². The number of nitrogens with zero attached hydrogens (tertiary/aromatic N) is 1. The van der Waals surface area contributed by atoms with Crippen LogP contribution in [0.3, 0.4) is 0 Å². The summed E-state index contributed by atoms with van der Waals surface area (Å²) in [7, 11) is 0. The molecule has 0 radical (unpaired) electrons. The van der Waals surface area contributed by atoms with Gasteiger partial charge in [-0.3, -0.25) is 9.59 Å². The molecule has 0 aliphatic heterocycles. The van der Waals surface area contributed by atoms with Crippen LogP contribution >= 0.6 is 23.2 Å². The molecule has 0 heterocycles. The monoisotopic (exact) mass is 455 g/mol. The molecule has 2 N–H and O–H groups in total. The zero-order chi connectivity index (χ0) is 22.2. The summed E-state index contributed by atoms with van der Waals surface area (Å²) in [5, 5.41) is 6.69. The van der Waals surface area contributed by atoms with E-state index in [-0.39, 0.29) is 5.02 Å². The molecule has 0 aliphatic carbocycles. The Labute approximate surface area is 187 Å². The predicted molar refractivity (Wildman–Crippen MR) is 119 cm³/mol. The van der Waals surface area contributed by atoms with E-state index in [1.807, 2.05) is 0 Å². The van der Waals surface area contributed by atoms with Gasteiger partial charge in [-0.15, -0.1) is 0 Å². The minimum absolute atomic E-state index is 0.246. The summed E-state index contributed by atoms with van der Waals surface area (Å²) in [6.07, 6.45) is 1.34. The second-order valence-electron chi connectivity index (χ2n) is 6.11. The molecule has 0 spiro atoms. The SMILES string of the molecule is O=C(NN=Cc1ccc(OC(=O)c2ccccc2)cc1)C(=O)Nc1ccc(Cl)c(Cl)c1. The molecule has 0 aliphatic rings. The van der Waals surface area contributed by atoms with Crippen LogP contribution in [-0.2, 0) is 9.59 Å². The lowest BCUT2D eigenvalue weighted by atomic mass is 10.2. The highest BCUT2D eigenvalue weighted by atomic mass is 35.5. The van der Waals surface area contributed by atoms with E-state index in [2.05, 4.69) is 15.8 Å². The molecule has 2 amide bonds. The average molecular weight is 456 g/mol. The van der Waals surface area contributed by atoms with Gasteiger partial charge in [0.05, 0.1) is 21.8 Å². The molecule has 3 aromatic rings. The van der Waals surface area contributed by atoms with Gasteiger partial charge in [0.15, 0.2) is 0 Å². The molecule has 0 atom stereocenters. The summed E-state index contributed by atoms with van der Waals surface area (Å²) in [6, 6.07) is 19.5. The summed E-state index contributed by atoms with van der Waals surface area (Å²) in [5.41, 5.74) is 3.49. The molecule has 156 valence electrons. The van der Waals surface area contributed by atoms with Gasteiger partial charge in [-0.2, -0.15) is 5.10 Å². The number of nitrogens with one attached hydrogen (secondary N) is 2. The zero-order valence-electron chi connectivity index (χ0n) is 15.8. The van der Waals surface area contributed by atoms with Crippen molar-refractivity contribution in [2.75, 3.05) is 5.32 Å². The first-order valence-electron chi connectivity index (χ1n) is 8.89. The van der Waals surface area contributed by atoms with E-state index in [1.165, 1.54) is 24.4 Å². The fraction of sp³-hybridized carbons (Fsp3) is 0. The van der Waals surface area contributed by atoms with Crippen LogP contribution < -0.4 is 15.5 Å². The van der Waals surface area contributed by atoms with Crippen molar-refractivity contribution in [1.29, 1.82) is 0 Å². The van der Waals surface area contributed by atoms with Gasteiger partial charge < -0.3 is 10.1 Å². The molecule has 0 saturated carbocycles. The number of esters is 1. The number of carbonyl (C=O) groups is 3. The van der Waals surface area contributed by atoms with Gasteiger partial charge in [-0.25, -0.2) is 10.2 Å². The van der Waals surface area contributed by atoms with Gasteiger partial charge >= 0.3 is 17.8 Å². The van der Waals surface area contributed by atoms with Crippen LogP contribution in [0.25, 0.3) is 0 Å². The number of carbonyl (C=O) groups excluding carboxylic acids is 3. The van der Waals surface area contributed by atoms with Gasteiger partial charge in [-0.05, 0) is 60.2 Å². The smallest absolute Gasteiger partial charge is 0.343 e. The highest BCUT2D eigenvalue weighted by Crippen LogP contribution is 2.24. The number of hydrogen-bond acceptors (Lipinski definition) is 5. The Kier molecular flexibility index (Phi) is 7.37. The standard InChI is InChI=1S/C22H15Cl2N3O4/c23-18-11-8-16(12-19(18)24)26-20(28)21(29)27-25-13-14-6-9-17(10-7-14)31-22(30)15-4-2-1-3-5-15/h1-13H,(H,26,28)(H,27,29). The van der Waals surface area contributed by atoms with Crippen molar-refractivity contribution in [3.63, 3.8) is 0 Å². The molecule has 0 fully saturated rings. The lowest BCUT2D eigenvalue weighted by Crippen LogP contribution is -2.32. The number of anilines is 1. The Morgan fingerprint density at radius 2 is 1.55 bits per heavy atom. The molecule has 3 aromatic carbocycles. The minimum Gasteiger partial charge on any atom is -0.423 e. The van der Waals surface area contributed by atoms with Crippen LogP contribution in [0, 0.1) is 0 Å². The third kappa shape index (κ3) is 6.40. The highest BCUT2D eigenvalue weighted by molar-refractivity contribution is 6.43. The fourth-order valence-corrected chi connectivity index (χ4v) is 2.64. The molecule has 0 aromatic heterocycles. The van der Waals surface area contributed by atoms with Crippen molar-refractivity contribution < 1.29 is 19.1 Å². The van der Waals surface area contributed by atoms with Crippen molar-refractivity contribution in [2.45, 2.75) is 0 Å². The highest BCUT2D eigenvalue weighted by Gasteiger charge is 2.13. The number of ether oxygens (including phenoxy) is 1. The van der Waals surface area contributed by atoms with Gasteiger partial charge in [0.2, 0.25) is 0 Å². The Balaban J connectivity index is 1.51. The molecule has 0 unspecified atom stereocenters. The molecule has 3 rings (SSSR count). The number of rotatable bonds is 5. The molecule has 31 heavy (non-hydrogen) atoms. The van der Waals surface area contributed by atoms with Gasteiger partial charge in [0.1, 0.15) is 5.75 Å². The van der Waals surface area contributed by atoms with E-state index < -0.39 is 17.8 Å². The van der Waals surface area contributed by atoms with E-state index in [4.69, 9.17) is 27.9 Å². The zero-order valence-corrected chi connectivity index (χ0v) is 17.4. The van der Waals surface area contributed by atoms with Crippen LogP contribution in [0.2, 0.25) is 10.0 Å². The maximum Gasteiger partial charge on any atom is 0.343 e. The van der Waals surface area contributed by atoms with Gasteiger partial charge in [0, 0.05) is 5.69 Å². The topological polar surface area (TPSA) is 96.9 Å². The predicted octanol–water partition coefficient (Wildman–Crippen LogP) is 4.30. The Morgan fingerprint density at radius 3 is 2.23 bits per heavy atom. The fourth-order valence-electron chi connectivity index (χ4n) is 2.34. The number of amides is 2. The maximum atomic E-state index is 12.0. The summed E-state index contributed by atoms with van der Waals surface area (Å²) < 4.78 is 5.28. The lowest BCUT2D eigenvalue weighted by Gasteiger charge is -2.05. The van der Waals surface area contributed by atoms with Gasteiger partial charge in [0.25, 0.3) is 0 Å². The van der Waals surface area contributed by atoms with Crippen molar-refractivity contribution in [3.8, 4) is 5.75 Å². The molecule has 7 nitrogen and oxygen atoms in total. The first-order chi connectivity index (χ1) is 14.9. The van der Waals surface area contributed by atoms with Crippen molar-refractivity contribution >= 4 is 52.9 Å². The normalized spacial score (nSPS) is 10.5. The van der Waals surface area contributed by atoms with E-state index in [9.17, 15) is 14.4 Å². The summed E-state index contributed by atoms with van der Waals surface area (Å²) in [6.45, 7) is 0. The minimum atomic E-state index is -0.962. The molecule has 0 bridgehead atoms. The second kappa shape index (κ2) is 10.4. The van der Waals surface area contributed by atoms with E-state index in [0.717, 1.165) is 0 Å². The third-order valence-corrected chi connectivity index (χ3v) is 4.60. The van der Waals surface area contributed by atoms with Crippen LogP contribution in [0.5, 0.6) is 5.75 Å². The van der Waals surface area contributed by atoms with Crippen molar-refractivity contribution in [2.24, 2.45) is 5.10 Å². The Bertz CT molecular complexity index is 1130. The average Bonchev–Trinajstić information content (AvgIpc) is 2.78. The number of hydrogen-bond donors (Lipinski definition) is 2. The van der Waals surface area contributed by atoms with E-state index in [0.29, 0.717) is 27.6 Å². The second-order valence-corrected chi connectivity index (χ2v) is 6.92. The molecular weight excluding hydrogens is 441 g/mol. The maximum absolute atomic E-state index is 12.0. The molecular formula is C22H15Cl2N3O4. The van der Waals surface area contributed by atoms with Crippen molar-refractivity contribution in [1.82, 2.24) is 5.43 Å². The first kappa shape index (κ1) is 22.0. The third-order valence-electron chi connectivity index (χ3n) is 3.86. The summed E-state index contributed by atoms with van der Waals surface area (Å²) >= 11 is 11.7. The number of halogens is 2. The molecule has 0 saturated heterocycles. The van der Waals surface area contributed by atoms with E-state index >= 15 is 0 Å². The summed E-state index contributed by atoms with van der Waals surface area (Å²) in [5.74, 6) is -1.99. The quantitative estimate of drug-likeness (QED) is 0.197. The Hall–Kier alpha value is -3.68. The van der Waals surface area contributed by atoms with Crippen LogP contribution in [0.15, 0.2) is 77.9 Å².